The summed E-state index contributed by atoms with van der Waals surface area (Å²) in [6.45, 7) is 0. The standard InChI is InChI=1S/2C42H23NO2S.C42H23NOS2/c1-4-15-33-30(10-1)40-34(21-20-27-25-9-2-5-16-35(25)45-41(27)40)43(33)24-19-22-38-32(23-24)29-14-7-13-28(42(29)46-38)26-12-8-18-37-39(26)31-11-3-6-17-36(31)44-37;1-4-15-34-25(9-1)31-23-39-32(26-10-2-5-16-36(26)45-39)22-35(31)43(34)24-19-20-40-33(21-24)29-14-7-13-28(42(29)46-40)27-12-8-18-38-41(27)30-11-3-6-17-37(30)44-38;1-4-15-34-25(9-1)31-22-32-26-10-2-5-16-36(26)44-37(32)23-35(31)43(34)24-19-20-39-33(21-24)29-14-7-13-28(42(29)46-39)27-12-8-18-40-41(27)30-11-3-6-17-38(30)45-40/h3*1-23H. The molecule has 12 aromatic heterocycles. The largest absolute Gasteiger partial charge is 0.456 e. The van der Waals surface area contributed by atoms with Gasteiger partial charge in [-0.25, -0.2) is 0 Å². The molecule has 0 aliphatic heterocycles. The van der Waals surface area contributed by atoms with Crippen LogP contribution in [0.3, 0.4) is 0 Å². The maximum absolute atomic E-state index is 6.53. The van der Waals surface area contributed by atoms with E-state index in [0.29, 0.717) is 0 Å². The summed E-state index contributed by atoms with van der Waals surface area (Å²) in [4.78, 5) is 0. The molecule has 138 heavy (non-hydrogen) atoms. The lowest BCUT2D eigenvalue weighted by Crippen LogP contribution is -1.93. The SMILES string of the molecule is c1ccc2c(c1)oc1c2ccc2c1c1ccccc1n2-c1ccc2sc3c(-c4cccc5oc6ccccc6c45)cccc3c2c1.c1ccc2c(c1)oc1cc3c(cc12)c1ccccc1n3-c1ccc2sc3c(-c4cccc5sc6ccccc6c45)cccc3c2c1.c1ccc2c(c1)oc1cc3c4ccccc4n(-c4ccc5sc6c(-c7cccc8oc9ccccc9c78)cccc6c5c4)c3cc12. The van der Waals surface area contributed by atoms with E-state index < -0.39 is 0 Å². The molecule has 33 aromatic rings. The molecular formula is C126H69N3O5S4. The van der Waals surface area contributed by atoms with Crippen LogP contribution < -0.4 is 0 Å². The number of furan rings is 5. The molecule has 0 amide bonds. The third-order valence-electron chi connectivity index (χ3n) is 28.8. The summed E-state index contributed by atoms with van der Waals surface area (Å²) in [6.07, 6.45) is 0. The summed E-state index contributed by atoms with van der Waals surface area (Å²) >= 11 is 7.50. The average molecular weight is 1830 g/mol. The number of thiophene rings is 4. The van der Waals surface area contributed by atoms with Crippen molar-refractivity contribution in [2.75, 3.05) is 0 Å². The Hall–Kier alpha value is -17.1. The summed E-state index contributed by atoms with van der Waals surface area (Å²) in [5.74, 6) is 0. The van der Waals surface area contributed by atoms with Gasteiger partial charge in [0.05, 0.1) is 38.5 Å². The van der Waals surface area contributed by atoms with E-state index >= 15 is 0 Å². The van der Waals surface area contributed by atoms with Gasteiger partial charge >= 0.3 is 0 Å². The molecule has 0 saturated carbocycles. The van der Waals surface area contributed by atoms with Crippen LogP contribution in [0.4, 0.5) is 0 Å². The highest BCUT2D eigenvalue weighted by Crippen LogP contribution is 2.53. The fourth-order valence-corrected chi connectivity index (χ4v) is 27.6. The molecule has 12 heterocycles. The van der Waals surface area contributed by atoms with Gasteiger partial charge in [-0.1, -0.05) is 255 Å². The molecule has 0 aliphatic rings. The summed E-state index contributed by atoms with van der Waals surface area (Å²) < 4.78 is 49.3. The second-order valence-corrected chi connectivity index (χ2v) is 40.4. The van der Waals surface area contributed by atoms with Crippen molar-refractivity contribution >= 4 is 301 Å². The Bertz CT molecular complexity index is 10800. The molecule has 0 aliphatic carbocycles. The number of rotatable bonds is 6. The van der Waals surface area contributed by atoms with E-state index in [2.05, 4.69) is 396 Å². The van der Waals surface area contributed by atoms with Crippen molar-refractivity contribution in [3.8, 4) is 50.4 Å². The highest BCUT2D eigenvalue weighted by Gasteiger charge is 2.27. The summed E-state index contributed by atoms with van der Waals surface area (Å²) in [5, 5.41) is 29.2. The molecule has 0 saturated heterocycles. The van der Waals surface area contributed by atoms with Crippen molar-refractivity contribution in [1.82, 2.24) is 13.7 Å². The lowest BCUT2D eigenvalue weighted by Gasteiger charge is -2.09. The molecule has 0 fully saturated rings. The minimum atomic E-state index is 0.916. The van der Waals surface area contributed by atoms with Gasteiger partial charge < -0.3 is 35.8 Å². The summed E-state index contributed by atoms with van der Waals surface area (Å²) in [7, 11) is 0. The van der Waals surface area contributed by atoms with Crippen LogP contribution in [-0.4, -0.2) is 13.7 Å². The predicted molar refractivity (Wildman–Crippen MR) is 587 cm³/mol. The molecule has 21 aromatic carbocycles. The van der Waals surface area contributed by atoms with Gasteiger partial charge in [-0.3, -0.25) is 0 Å². The maximum Gasteiger partial charge on any atom is 0.145 e. The molecule has 8 nitrogen and oxygen atoms in total. The number of aromatic nitrogens is 3. The average Bonchev–Trinajstić information content (AvgIpc) is 1.56. The minimum Gasteiger partial charge on any atom is -0.456 e. The van der Waals surface area contributed by atoms with Gasteiger partial charge in [-0.05, 0) is 174 Å². The van der Waals surface area contributed by atoms with Crippen molar-refractivity contribution in [1.29, 1.82) is 0 Å². The van der Waals surface area contributed by atoms with E-state index in [4.69, 9.17) is 22.1 Å². The van der Waals surface area contributed by atoms with Gasteiger partial charge in [-0.2, -0.15) is 0 Å². The fourth-order valence-electron chi connectivity index (χ4n) is 22.9. The van der Waals surface area contributed by atoms with E-state index in [9.17, 15) is 0 Å². The van der Waals surface area contributed by atoms with Crippen LogP contribution in [0.15, 0.2) is 441 Å². The van der Waals surface area contributed by atoms with Gasteiger partial charge in [0.1, 0.15) is 55.8 Å². The normalized spacial score (nSPS) is 12.3. The van der Waals surface area contributed by atoms with Crippen LogP contribution in [0.25, 0.3) is 306 Å². The van der Waals surface area contributed by atoms with Gasteiger partial charge in [0.25, 0.3) is 0 Å². The van der Waals surface area contributed by atoms with Gasteiger partial charge in [0, 0.05) is 201 Å². The van der Waals surface area contributed by atoms with Gasteiger partial charge in [0.2, 0.25) is 0 Å². The first kappa shape index (κ1) is 76.3. The molecule has 0 radical (unpaired) electrons. The first-order valence-electron chi connectivity index (χ1n) is 46.5. The number of benzene rings is 21. The van der Waals surface area contributed by atoms with Gasteiger partial charge in [0.15, 0.2) is 0 Å². The third-order valence-corrected chi connectivity index (χ3v) is 33.6. The van der Waals surface area contributed by atoms with Crippen molar-refractivity contribution in [3.05, 3.63) is 419 Å². The summed E-state index contributed by atoms with van der Waals surface area (Å²) in [6, 6.07) is 151. The van der Waals surface area contributed by atoms with Crippen molar-refractivity contribution in [2.45, 2.75) is 0 Å². The maximum atomic E-state index is 6.53. The number of para-hydroxylation sites is 8. The number of hydrogen-bond acceptors (Lipinski definition) is 9. The van der Waals surface area contributed by atoms with Crippen LogP contribution >= 0.6 is 45.3 Å². The monoisotopic (exact) mass is 1830 g/mol. The van der Waals surface area contributed by atoms with Crippen molar-refractivity contribution in [3.63, 3.8) is 0 Å². The Morgan fingerprint density at radius 3 is 1.01 bits per heavy atom. The lowest BCUT2D eigenvalue weighted by molar-refractivity contribution is 0.668. The highest BCUT2D eigenvalue weighted by atomic mass is 32.1. The first-order chi connectivity index (χ1) is 68.4. The zero-order chi connectivity index (χ0) is 89.8. The Morgan fingerprint density at radius 2 is 0.486 bits per heavy atom. The highest BCUT2D eigenvalue weighted by molar-refractivity contribution is 7.27. The smallest absolute Gasteiger partial charge is 0.145 e. The van der Waals surface area contributed by atoms with E-state index in [0.717, 1.165) is 132 Å². The third kappa shape index (κ3) is 11.1. The second kappa shape index (κ2) is 29.2. The Morgan fingerprint density at radius 1 is 0.145 bits per heavy atom. The quantitative estimate of drug-likeness (QED) is 0.166. The van der Waals surface area contributed by atoms with Crippen LogP contribution in [0, 0.1) is 0 Å². The molecule has 33 rings (SSSR count). The fraction of sp³-hybridized carbons (Fsp3) is 0. The molecule has 642 valence electrons. The van der Waals surface area contributed by atoms with E-state index in [1.54, 1.807) is 0 Å². The zero-order valence-electron chi connectivity index (χ0n) is 73.4. The van der Waals surface area contributed by atoms with E-state index in [1.807, 2.05) is 81.7 Å². The van der Waals surface area contributed by atoms with Crippen LogP contribution in [-0.2, 0) is 0 Å². The predicted octanol–water partition coefficient (Wildman–Crippen LogP) is 38.3. The van der Waals surface area contributed by atoms with Crippen LogP contribution in [0.2, 0.25) is 0 Å². The Labute approximate surface area is 799 Å². The summed E-state index contributed by atoms with van der Waals surface area (Å²) in [5.41, 5.74) is 27.2. The van der Waals surface area contributed by atoms with E-state index in [-0.39, 0.29) is 0 Å². The number of hydrogen-bond donors (Lipinski definition) is 0. The topological polar surface area (TPSA) is 80.5 Å². The number of fused-ring (bicyclic) bond motifs is 37. The van der Waals surface area contributed by atoms with Gasteiger partial charge in [-0.15, -0.1) is 45.3 Å². The van der Waals surface area contributed by atoms with Crippen LogP contribution in [0.5, 0.6) is 0 Å². The second-order valence-electron chi connectivity index (χ2n) is 36.1. The Balaban J connectivity index is 0.0000000959. The van der Waals surface area contributed by atoms with E-state index in [1.165, 1.54) is 174 Å². The molecule has 0 N–H and O–H groups in total. The first-order valence-corrected chi connectivity index (χ1v) is 49.8. The molecule has 0 spiro atoms. The molecule has 0 bridgehead atoms. The van der Waals surface area contributed by atoms with Crippen molar-refractivity contribution in [2.24, 2.45) is 0 Å². The molecular weight excluding hydrogens is 1760 g/mol. The molecule has 0 unspecified atom stereocenters. The zero-order valence-corrected chi connectivity index (χ0v) is 76.6. The molecule has 0 atom stereocenters. The Kier molecular flexibility index (Phi) is 16.2. The van der Waals surface area contributed by atoms with Crippen LogP contribution in [0.1, 0.15) is 0 Å². The lowest BCUT2D eigenvalue weighted by atomic mass is 9.98. The molecule has 12 heteroatoms. The number of nitrogens with zero attached hydrogens (tertiary/aromatic N) is 3. The minimum absolute atomic E-state index is 0.916. The van der Waals surface area contributed by atoms with Crippen molar-refractivity contribution < 1.29 is 22.1 Å².